The molecule has 1 aliphatic rings. The van der Waals surface area contributed by atoms with Crippen LogP contribution in [-0.2, 0) is 4.79 Å². The molecule has 1 aromatic carbocycles. The molecule has 2 rings (SSSR count). The van der Waals surface area contributed by atoms with E-state index in [1.165, 1.54) is 0 Å². The first-order chi connectivity index (χ1) is 9.58. The first kappa shape index (κ1) is 15.3. The summed E-state index contributed by atoms with van der Waals surface area (Å²) in [6, 6.07) is 6.38. The van der Waals surface area contributed by atoms with Gasteiger partial charge in [0.15, 0.2) is 0 Å². The molecular weight excluding hydrogens is 369 g/mol. The fourth-order valence-corrected chi connectivity index (χ4v) is 3.25. The summed E-state index contributed by atoms with van der Waals surface area (Å²) in [4.78, 5) is 23.6. The minimum Gasteiger partial charge on any atom is -0.480 e. The molecule has 1 amide bonds. The van der Waals surface area contributed by atoms with E-state index in [4.69, 9.17) is 0 Å². The number of carboxylic acid groups (broad SMARTS) is 1. The molecule has 108 valence electrons. The molecule has 1 aliphatic carbocycles. The van der Waals surface area contributed by atoms with Crippen molar-refractivity contribution in [3.63, 3.8) is 0 Å². The van der Waals surface area contributed by atoms with Crippen molar-refractivity contribution in [2.45, 2.75) is 38.1 Å². The number of carbonyl (C=O) groups excluding carboxylic acids is 1. The summed E-state index contributed by atoms with van der Waals surface area (Å²) in [6.45, 7) is 0. The number of nitrogens with one attached hydrogen (secondary N) is 1. The highest BCUT2D eigenvalue weighted by Crippen LogP contribution is 2.26. The lowest BCUT2D eigenvalue weighted by atomic mass is 9.84. The van der Waals surface area contributed by atoms with Crippen molar-refractivity contribution in [2.24, 2.45) is 5.92 Å². The predicted octanol–water partition coefficient (Wildman–Crippen LogP) is 3.05. The first-order valence-corrected chi connectivity index (χ1v) is 7.95. The van der Waals surface area contributed by atoms with Crippen LogP contribution in [0.3, 0.4) is 0 Å². The van der Waals surface area contributed by atoms with Gasteiger partial charge in [0.1, 0.15) is 6.04 Å². The van der Waals surface area contributed by atoms with Crippen LogP contribution in [-0.4, -0.2) is 23.0 Å². The molecule has 1 saturated carbocycles. The number of amides is 1. The molecule has 0 spiro atoms. The van der Waals surface area contributed by atoms with Crippen LogP contribution in [0.2, 0.25) is 0 Å². The molecular formula is C15H18INO3. The van der Waals surface area contributed by atoms with Crippen LogP contribution in [0, 0.1) is 9.49 Å². The van der Waals surface area contributed by atoms with Gasteiger partial charge in [-0.15, -0.1) is 0 Å². The van der Waals surface area contributed by atoms with Gasteiger partial charge in [-0.3, -0.25) is 4.79 Å². The Hall–Kier alpha value is -1.11. The van der Waals surface area contributed by atoms with Gasteiger partial charge in [0.05, 0.1) is 0 Å². The number of carbonyl (C=O) groups is 2. The van der Waals surface area contributed by atoms with E-state index in [0.29, 0.717) is 5.56 Å². The molecule has 20 heavy (non-hydrogen) atoms. The van der Waals surface area contributed by atoms with Gasteiger partial charge in [0.2, 0.25) is 0 Å². The summed E-state index contributed by atoms with van der Waals surface area (Å²) in [7, 11) is 0. The Balaban J connectivity index is 2.07. The van der Waals surface area contributed by atoms with Crippen molar-refractivity contribution in [1.29, 1.82) is 0 Å². The number of carboxylic acids is 1. The van der Waals surface area contributed by atoms with Crippen LogP contribution in [0.25, 0.3) is 0 Å². The van der Waals surface area contributed by atoms with Gasteiger partial charge < -0.3 is 10.4 Å². The van der Waals surface area contributed by atoms with Crippen molar-refractivity contribution in [3.05, 3.63) is 33.4 Å². The Morgan fingerprint density at radius 3 is 2.55 bits per heavy atom. The second-order valence-corrected chi connectivity index (χ2v) is 6.44. The average Bonchev–Trinajstić information content (AvgIpc) is 2.45. The van der Waals surface area contributed by atoms with Crippen LogP contribution < -0.4 is 5.32 Å². The zero-order chi connectivity index (χ0) is 14.5. The highest BCUT2D eigenvalue weighted by atomic mass is 127. The normalized spacial score (nSPS) is 17.4. The number of aliphatic carboxylic acids is 1. The molecule has 1 fully saturated rings. The van der Waals surface area contributed by atoms with E-state index in [1.54, 1.807) is 18.2 Å². The number of rotatable bonds is 4. The third-order valence-corrected chi connectivity index (χ3v) is 4.43. The molecule has 0 saturated heterocycles. The molecule has 2 N–H and O–H groups in total. The van der Waals surface area contributed by atoms with Crippen LogP contribution in [0.15, 0.2) is 24.3 Å². The van der Waals surface area contributed by atoms with Gasteiger partial charge >= 0.3 is 5.97 Å². The SMILES string of the molecule is O=C(NC(C(=O)O)C1CCCCC1)c1cccc(I)c1. The topological polar surface area (TPSA) is 66.4 Å². The average molecular weight is 387 g/mol. The van der Waals surface area contributed by atoms with E-state index in [9.17, 15) is 14.7 Å². The quantitative estimate of drug-likeness (QED) is 0.781. The summed E-state index contributed by atoms with van der Waals surface area (Å²) in [6.07, 6.45) is 5.02. The van der Waals surface area contributed by atoms with Crippen LogP contribution in [0.1, 0.15) is 42.5 Å². The van der Waals surface area contributed by atoms with Crippen molar-refractivity contribution in [3.8, 4) is 0 Å². The van der Waals surface area contributed by atoms with Crippen LogP contribution in [0.5, 0.6) is 0 Å². The zero-order valence-electron chi connectivity index (χ0n) is 11.1. The Kier molecular flexibility index (Phi) is 5.39. The van der Waals surface area contributed by atoms with Crippen molar-refractivity contribution >= 4 is 34.5 Å². The number of hydrogen-bond acceptors (Lipinski definition) is 2. The van der Waals surface area contributed by atoms with Gasteiger partial charge in [-0.2, -0.15) is 0 Å². The largest absolute Gasteiger partial charge is 0.480 e. The molecule has 0 heterocycles. The van der Waals surface area contributed by atoms with Crippen molar-refractivity contribution in [2.75, 3.05) is 0 Å². The highest BCUT2D eigenvalue weighted by Gasteiger charge is 2.30. The van der Waals surface area contributed by atoms with Gasteiger partial charge in [-0.1, -0.05) is 25.3 Å². The smallest absolute Gasteiger partial charge is 0.326 e. The lowest BCUT2D eigenvalue weighted by Gasteiger charge is -2.28. The zero-order valence-corrected chi connectivity index (χ0v) is 13.3. The first-order valence-electron chi connectivity index (χ1n) is 6.87. The van der Waals surface area contributed by atoms with E-state index in [2.05, 4.69) is 27.9 Å². The maximum absolute atomic E-state index is 12.2. The number of benzene rings is 1. The summed E-state index contributed by atoms with van der Waals surface area (Å²) in [5, 5.41) is 12.0. The Bertz CT molecular complexity index is 498. The van der Waals surface area contributed by atoms with Gasteiger partial charge in [0.25, 0.3) is 5.91 Å². The van der Waals surface area contributed by atoms with E-state index in [0.717, 1.165) is 35.7 Å². The van der Waals surface area contributed by atoms with Gasteiger partial charge in [-0.05, 0) is 59.5 Å². The molecule has 0 aliphatic heterocycles. The van der Waals surface area contributed by atoms with Gasteiger partial charge in [-0.25, -0.2) is 4.79 Å². The van der Waals surface area contributed by atoms with E-state index < -0.39 is 12.0 Å². The maximum atomic E-state index is 12.2. The van der Waals surface area contributed by atoms with Crippen LogP contribution >= 0.6 is 22.6 Å². The molecule has 1 atom stereocenters. The third-order valence-electron chi connectivity index (χ3n) is 3.76. The summed E-state index contributed by atoms with van der Waals surface area (Å²) >= 11 is 2.13. The Labute approximate surface area is 132 Å². The molecule has 1 unspecified atom stereocenters. The Morgan fingerprint density at radius 1 is 1.25 bits per heavy atom. The molecule has 4 nitrogen and oxygen atoms in total. The fraction of sp³-hybridized carbons (Fsp3) is 0.467. The molecule has 5 heteroatoms. The van der Waals surface area contributed by atoms with Gasteiger partial charge in [0, 0.05) is 9.13 Å². The lowest BCUT2D eigenvalue weighted by Crippen LogP contribution is -2.46. The lowest BCUT2D eigenvalue weighted by molar-refractivity contribution is -0.141. The second kappa shape index (κ2) is 7.06. The highest BCUT2D eigenvalue weighted by molar-refractivity contribution is 14.1. The summed E-state index contributed by atoms with van der Waals surface area (Å²) in [5.74, 6) is -1.19. The number of halogens is 1. The molecule has 0 radical (unpaired) electrons. The third kappa shape index (κ3) is 3.94. The summed E-state index contributed by atoms with van der Waals surface area (Å²) in [5.41, 5.74) is 0.513. The standard InChI is InChI=1S/C15H18INO3/c16-12-8-4-7-11(9-12)14(18)17-13(15(19)20)10-5-2-1-3-6-10/h4,7-10,13H,1-3,5-6H2,(H,17,18)(H,19,20). The van der Waals surface area contributed by atoms with Crippen molar-refractivity contribution in [1.82, 2.24) is 5.32 Å². The van der Waals surface area contributed by atoms with E-state index >= 15 is 0 Å². The van der Waals surface area contributed by atoms with Crippen molar-refractivity contribution < 1.29 is 14.7 Å². The monoisotopic (exact) mass is 387 g/mol. The fourth-order valence-electron chi connectivity index (χ4n) is 2.70. The minimum atomic E-state index is -0.934. The van der Waals surface area contributed by atoms with Crippen LogP contribution in [0.4, 0.5) is 0 Å². The second-order valence-electron chi connectivity index (χ2n) is 5.20. The van der Waals surface area contributed by atoms with E-state index in [-0.39, 0.29) is 11.8 Å². The summed E-state index contributed by atoms with van der Waals surface area (Å²) < 4.78 is 0.958. The molecule has 1 aromatic rings. The minimum absolute atomic E-state index is 0.0491. The predicted molar refractivity (Wildman–Crippen MR) is 84.6 cm³/mol. The Morgan fingerprint density at radius 2 is 1.95 bits per heavy atom. The van der Waals surface area contributed by atoms with E-state index in [1.807, 2.05) is 6.07 Å². The number of hydrogen-bond donors (Lipinski definition) is 2. The maximum Gasteiger partial charge on any atom is 0.326 e. The molecule has 0 bridgehead atoms. The molecule has 0 aromatic heterocycles.